The molecule has 20 heavy (non-hydrogen) atoms. The van der Waals surface area contributed by atoms with Crippen LogP contribution in [0.2, 0.25) is 0 Å². The van der Waals surface area contributed by atoms with Crippen molar-refractivity contribution in [2.45, 2.75) is 24.6 Å². The molecule has 4 heteroatoms. The predicted molar refractivity (Wildman–Crippen MR) is 83.3 cm³/mol. The summed E-state index contributed by atoms with van der Waals surface area (Å²) in [4.78, 5) is 0. The van der Waals surface area contributed by atoms with Crippen LogP contribution in [0.25, 0.3) is 10.8 Å². The van der Waals surface area contributed by atoms with Crippen LogP contribution in [-0.2, 0) is 0 Å². The minimum Gasteiger partial charge on any atom is -0.507 e. The molecule has 0 unspecified atom stereocenters. The van der Waals surface area contributed by atoms with E-state index in [1.807, 2.05) is 18.2 Å². The lowest BCUT2D eigenvalue weighted by molar-refractivity contribution is 0.419. The van der Waals surface area contributed by atoms with Gasteiger partial charge in [-0.3, -0.25) is 0 Å². The fourth-order valence-electron chi connectivity index (χ4n) is 3.07. The van der Waals surface area contributed by atoms with Crippen molar-refractivity contribution >= 4 is 28.1 Å². The van der Waals surface area contributed by atoms with Crippen molar-refractivity contribution in [3.05, 3.63) is 29.8 Å². The maximum absolute atomic E-state index is 10.2. The Morgan fingerprint density at radius 1 is 1.50 bits per heavy atom. The predicted octanol–water partition coefficient (Wildman–Crippen LogP) is 4.08. The summed E-state index contributed by atoms with van der Waals surface area (Å²) in [6, 6.07) is 7.52. The molecule has 2 atom stereocenters. The molecule has 3 rings (SSSR count). The number of halogens is 1. The maximum Gasteiger partial charge on any atom is 0.127 e. The van der Waals surface area contributed by atoms with Crippen LogP contribution in [-0.4, -0.2) is 24.1 Å². The van der Waals surface area contributed by atoms with Gasteiger partial charge in [-0.15, -0.1) is 11.6 Å². The van der Waals surface area contributed by atoms with Crippen LogP contribution in [0.4, 0.5) is 5.69 Å². The number of aromatic hydroxyl groups is 1. The number of fused-ring (bicyclic) bond motifs is 3. The molecule has 0 aromatic heterocycles. The number of nitrogens with one attached hydrogen (secondary N) is 1. The van der Waals surface area contributed by atoms with Crippen LogP contribution >= 0.6 is 11.6 Å². The Labute approximate surface area is 123 Å². The summed E-state index contributed by atoms with van der Waals surface area (Å²) < 4.78 is 5.49. The molecule has 0 bridgehead atoms. The second-order valence-corrected chi connectivity index (χ2v) is 5.71. The summed E-state index contributed by atoms with van der Waals surface area (Å²) in [6.45, 7) is 2.89. The van der Waals surface area contributed by atoms with Gasteiger partial charge in [0.1, 0.15) is 11.5 Å². The normalized spacial score (nSPS) is 18.6. The van der Waals surface area contributed by atoms with E-state index in [-0.39, 0.29) is 17.0 Å². The first kappa shape index (κ1) is 13.4. The van der Waals surface area contributed by atoms with Crippen molar-refractivity contribution < 1.29 is 9.84 Å². The van der Waals surface area contributed by atoms with Crippen molar-refractivity contribution in [1.82, 2.24) is 0 Å². The van der Waals surface area contributed by atoms with Gasteiger partial charge in [-0.1, -0.05) is 19.1 Å². The lowest BCUT2D eigenvalue weighted by Crippen LogP contribution is -2.14. The van der Waals surface area contributed by atoms with Gasteiger partial charge >= 0.3 is 0 Å². The highest BCUT2D eigenvalue weighted by Gasteiger charge is 2.31. The monoisotopic (exact) mass is 291 g/mol. The molecule has 1 aliphatic heterocycles. The fraction of sp³-hybridized carbons (Fsp3) is 0.375. The lowest BCUT2D eigenvalue weighted by atomic mass is 9.90. The van der Waals surface area contributed by atoms with Crippen molar-refractivity contribution in [3.63, 3.8) is 0 Å². The molecule has 0 saturated carbocycles. The van der Waals surface area contributed by atoms with Crippen LogP contribution in [0.5, 0.6) is 11.5 Å². The lowest BCUT2D eigenvalue weighted by Gasteiger charge is -2.19. The van der Waals surface area contributed by atoms with Crippen LogP contribution in [0, 0.1) is 0 Å². The second kappa shape index (κ2) is 5.06. The largest absolute Gasteiger partial charge is 0.507 e. The standard InChI is InChI=1S/C16H18ClNO2/c1-3-11(17)10-8-18-12-7-13(19)9-5-4-6-14(20-2)16(9)15(10)12/h4-7,10-11,18-19H,3,8H2,1-2H3/t10-,11+/m0/s1. The molecule has 1 heterocycles. The third kappa shape index (κ3) is 1.88. The Hall–Kier alpha value is -1.61. The Bertz CT molecular complexity index is 656. The van der Waals surface area contributed by atoms with Gasteiger partial charge in [0.25, 0.3) is 0 Å². The van der Waals surface area contributed by atoms with Gasteiger partial charge in [-0.05, 0) is 18.1 Å². The summed E-state index contributed by atoms with van der Waals surface area (Å²) >= 11 is 6.49. The van der Waals surface area contributed by atoms with Crippen LogP contribution in [0.15, 0.2) is 24.3 Å². The number of hydrogen-bond donors (Lipinski definition) is 2. The average Bonchev–Trinajstić information content (AvgIpc) is 2.89. The molecular weight excluding hydrogens is 274 g/mol. The third-order valence-electron chi connectivity index (χ3n) is 4.07. The number of phenols is 1. The Morgan fingerprint density at radius 3 is 3.00 bits per heavy atom. The van der Waals surface area contributed by atoms with Crippen molar-refractivity contribution in [2.24, 2.45) is 0 Å². The van der Waals surface area contributed by atoms with E-state index in [9.17, 15) is 5.11 Å². The third-order valence-corrected chi connectivity index (χ3v) is 4.69. The van der Waals surface area contributed by atoms with Gasteiger partial charge in [0.15, 0.2) is 0 Å². The molecule has 1 aliphatic rings. The summed E-state index contributed by atoms with van der Waals surface area (Å²) in [6.07, 6.45) is 0.908. The van der Waals surface area contributed by atoms with E-state index in [1.165, 1.54) is 0 Å². The van der Waals surface area contributed by atoms with Crippen molar-refractivity contribution in [3.8, 4) is 11.5 Å². The number of rotatable bonds is 3. The molecule has 0 spiro atoms. The van der Waals surface area contributed by atoms with E-state index in [0.717, 1.165) is 40.7 Å². The number of benzene rings is 2. The Balaban J connectivity index is 2.33. The SMILES string of the molecule is CC[C@@H](Cl)[C@@H]1CNc2cc(O)c3cccc(OC)c3c21. The molecule has 2 aromatic carbocycles. The van der Waals surface area contributed by atoms with Crippen molar-refractivity contribution in [2.75, 3.05) is 19.0 Å². The molecule has 0 radical (unpaired) electrons. The quantitative estimate of drug-likeness (QED) is 0.837. The zero-order valence-corrected chi connectivity index (χ0v) is 12.4. The zero-order chi connectivity index (χ0) is 14.3. The average molecular weight is 292 g/mol. The van der Waals surface area contributed by atoms with E-state index in [4.69, 9.17) is 16.3 Å². The molecule has 106 valence electrons. The first-order valence-electron chi connectivity index (χ1n) is 6.87. The number of methoxy groups -OCH3 is 1. The number of hydrogen-bond acceptors (Lipinski definition) is 3. The van der Waals surface area contributed by atoms with Gasteiger partial charge < -0.3 is 15.2 Å². The smallest absolute Gasteiger partial charge is 0.127 e. The van der Waals surface area contributed by atoms with Gasteiger partial charge in [0.2, 0.25) is 0 Å². The minimum atomic E-state index is 0.0707. The summed E-state index contributed by atoms with van der Waals surface area (Å²) in [7, 11) is 1.65. The molecular formula is C16H18ClNO2. The summed E-state index contributed by atoms with van der Waals surface area (Å²) in [5.41, 5.74) is 2.13. The van der Waals surface area contributed by atoms with Gasteiger partial charge in [-0.25, -0.2) is 0 Å². The van der Waals surface area contributed by atoms with Gasteiger partial charge in [-0.2, -0.15) is 0 Å². The molecule has 0 aliphatic carbocycles. The van der Waals surface area contributed by atoms with E-state index >= 15 is 0 Å². The molecule has 0 saturated heterocycles. The van der Waals surface area contributed by atoms with Crippen LogP contribution in [0.1, 0.15) is 24.8 Å². The zero-order valence-electron chi connectivity index (χ0n) is 11.6. The van der Waals surface area contributed by atoms with Crippen LogP contribution in [0.3, 0.4) is 0 Å². The number of ether oxygens (including phenoxy) is 1. The minimum absolute atomic E-state index is 0.0707. The highest BCUT2D eigenvalue weighted by Crippen LogP contribution is 2.47. The number of anilines is 1. The first-order valence-corrected chi connectivity index (χ1v) is 7.31. The highest BCUT2D eigenvalue weighted by atomic mass is 35.5. The molecule has 3 nitrogen and oxygen atoms in total. The van der Waals surface area contributed by atoms with Gasteiger partial charge in [0.05, 0.1) is 7.11 Å². The number of phenolic OH excluding ortho intramolecular Hbond substituents is 1. The molecule has 2 N–H and O–H groups in total. The Morgan fingerprint density at radius 2 is 2.30 bits per heavy atom. The first-order chi connectivity index (χ1) is 9.67. The van der Waals surface area contributed by atoms with E-state index in [1.54, 1.807) is 13.2 Å². The van der Waals surface area contributed by atoms with Crippen LogP contribution < -0.4 is 10.1 Å². The van der Waals surface area contributed by atoms with E-state index < -0.39 is 0 Å². The van der Waals surface area contributed by atoms with Gasteiger partial charge in [0, 0.05) is 40.4 Å². The summed E-state index contributed by atoms with van der Waals surface area (Å²) in [5.74, 6) is 1.29. The van der Waals surface area contributed by atoms with E-state index in [0.29, 0.717) is 0 Å². The second-order valence-electron chi connectivity index (χ2n) is 5.15. The van der Waals surface area contributed by atoms with Crippen molar-refractivity contribution in [1.29, 1.82) is 0 Å². The maximum atomic E-state index is 10.2. The highest BCUT2D eigenvalue weighted by molar-refractivity contribution is 6.21. The molecule has 0 amide bonds. The fourth-order valence-corrected chi connectivity index (χ4v) is 3.28. The topological polar surface area (TPSA) is 41.5 Å². The number of alkyl halides is 1. The van der Waals surface area contributed by atoms with E-state index in [2.05, 4.69) is 12.2 Å². The Kier molecular flexibility index (Phi) is 3.38. The molecule has 2 aromatic rings. The summed E-state index contributed by atoms with van der Waals surface area (Å²) in [5, 5.41) is 15.4. The molecule has 0 fully saturated rings.